The van der Waals surface area contributed by atoms with E-state index in [2.05, 4.69) is 38.7 Å². The van der Waals surface area contributed by atoms with Crippen LogP contribution < -0.4 is 0 Å². The van der Waals surface area contributed by atoms with Crippen molar-refractivity contribution in [1.82, 2.24) is 0 Å². The van der Waals surface area contributed by atoms with Crippen molar-refractivity contribution in [3.05, 3.63) is 48.1 Å². The molecule has 204 valence electrons. The fraction of sp³-hybridized carbons (Fsp3) is 0.667. The molecule has 0 unspecified atom stereocenters. The van der Waals surface area contributed by atoms with Crippen LogP contribution in [-0.2, 0) is 23.7 Å². The first-order valence-corrected chi connectivity index (χ1v) is 13.8. The Morgan fingerprint density at radius 2 is 2.08 bits per heavy atom. The van der Waals surface area contributed by atoms with E-state index in [0.29, 0.717) is 38.2 Å². The molecule has 4 heterocycles. The van der Waals surface area contributed by atoms with Gasteiger partial charge in [0.25, 0.3) is 0 Å². The van der Waals surface area contributed by atoms with Crippen molar-refractivity contribution in [3.8, 4) is 0 Å². The maximum absolute atomic E-state index is 12.6. The summed E-state index contributed by atoms with van der Waals surface area (Å²) in [5.41, 5.74) is 1.33. The molecule has 1 saturated heterocycles. The van der Waals surface area contributed by atoms with Crippen LogP contribution in [0, 0.1) is 5.92 Å². The maximum atomic E-state index is 12.6. The fourth-order valence-corrected chi connectivity index (χ4v) is 5.59. The second-order valence-corrected chi connectivity index (χ2v) is 11.1. The van der Waals surface area contributed by atoms with Gasteiger partial charge in [-0.15, -0.1) is 0 Å². The summed E-state index contributed by atoms with van der Waals surface area (Å²) in [6.45, 7) is 11.1. The zero-order chi connectivity index (χ0) is 26.4. The van der Waals surface area contributed by atoms with E-state index in [0.717, 1.165) is 31.3 Å². The number of nitrogens with zero attached hydrogens (tertiary/aromatic N) is 1. The van der Waals surface area contributed by atoms with Crippen LogP contribution >= 0.6 is 0 Å². The molecule has 2 bridgehead atoms. The lowest BCUT2D eigenvalue weighted by Crippen LogP contribution is -2.31. The number of fused-ring (bicyclic) bond motifs is 3. The zero-order valence-electron chi connectivity index (χ0n) is 22.5. The minimum absolute atomic E-state index is 0.0420. The Balaban J connectivity index is 1.51. The van der Waals surface area contributed by atoms with Crippen LogP contribution in [0.15, 0.2) is 53.1 Å². The van der Waals surface area contributed by atoms with Crippen LogP contribution in [0.3, 0.4) is 0 Å². The molecule has 0 aromatic carbocycles. The lowest BCUT2D eigenvalue weighted by atomic mass is 9.90. The Morgan fingerprint density at radius 3 is 2.86 bits per heavy atom. The van der Waals surface area contributed by atoms with Gasteiger partial charge in [-0.1, -0.05) is 55.9 Å². The smallest absolute Gasteiger partial charge is 0.330 e. The van der Waals surface area contributed by atoms with Gasteiger partial charge in [0.05, 0.1) is 31.0 Å². The molecule has 0 aromatic rings. The van der Waals surface area contributed by atoms with Gasteiger partial charge in [-0.3, -0.25) is 4.99 Å². The predicted molar refractivity (Wildman–Crippen MR) is 143 cm³/mol. The first kappa shape index (κ1) is 28.0. The number of aliphatic hydroxyl groups is 1. The largest absolute Gasteiger partial charge is 0.459 e. The Morgan fingerprint density at radius 1 is 1.24 bits per heavy atom. The van der Waals surface area contributed by atoms with E-state index in [1.54, 1.807) is 6.21 Å². The summed E-state index contributed by atoms with van der Waals surface area (Å²) in [5, 5.41) is 11.1. The molecule has 7 heteroatoms. The van der Waals surface area contributed by atoms with Crippen molar-refractivity contribution in [2.75, 3.05) is 6.61 Å². The first-order chi connectivity index (χ1) is 17.8. The zero-order valence-corrected chi connectivity index (χ0v) is 22.5. The van der Waals surface area contributed by atoms with Gasteiger partial charge in [0.15, 0.2) is 5.72 Å². The topological polar surface area (TPSA) is 89.9 Å². The van der Waals surface area contributed by atoms with Crippen molar-refractivity contribution in [1.29, 1.82) is 0 Å². The molecule has 0 amide bonds. The average molecular weight is 514 g/mol. The quantitative estimate of drug-likeness (QED) is 0.247. The van der Waals surface area contributed by atoms with Gasteiger partial charge in [0, 0.05) is 18.7 Å². The van der Waals surface area contributed by atoms with Crippen LogP contribution in [0.1, 0.15) is 72.1 Å². The number of esters is 1. The lowest BCUT2D eigenvalue weighted by molar-refractivity contribution is -0.144. The predicted octanol–water partition coefficient (Wildman–Crippen LogP) is 5.00. The molecule has 1 N–H and O–H groups in total. The van der Waals surface area contributed by atoms with Crippen LogP contribution in [0.2, 0.25) is 0 Å². The third-order valence-corrected chi connectivity index (χ3v) is 7.59. The molecule has 0 radical (unpaired) electrons. The number of carbonyl (C=O) groups excluding carboxylic acids is 1. The van der Waals surface area contributed by atoms with E-state index < -0.39 is 24.0 Å². The van der Waals surface area contributed by atoms with Gasteiger partial charge in [-0.2, -0.15) is 0 Å². The normalized spacial score (nSPS) is 40.8. The summed E-state index contributed by atoms with van der Waals surface area (Å²) in [4.78, 5) is 17.4. The van der Waals surface area contributed by atoms with Gasteiger partial charge in [0.2, 0.25) is 0 Å². The Kier molecular flexibility index (Phi) is 9.57. The van der Waals surface area contributed by atoms with Gasteiger partial charge in [0.1, 0.15) is 12.2 Å². The van der Waals surface area contributed by atoms with Gasteiger partial charge >= 0.3 is 5.97 Å². The number of hydrogen-bond donors (Lipinski definition) is 1. The molecule has 8 atom stereocenters. The van der Waals surface area contributed by atoms with Crippen molar-refractivity contribution in [2.24, 2.45) is 10.9 Å². The molecule has 7 nitrogen and oxygen atoms in total. The Bertz CT molecular complexity index is 938. The average Bonchev–Trinajstić information content (AvgIpc) is 3.56. The highest BCUT2D eigenvalue weighted by molar-refractivity contribution is 5.82. The number of rotatable bonds is 3. The Labute approximate surface area is 221 Å². The van der Waals surface area contributed by atoms with Crippen molar-refractivity contribution in [2.45, 2.75) is 114 Å². The summed E-state index contributed by atoms with van der Waals surface area (Å²) >= 11 is 0. The van der Waals surface area contributed by atoms with Crippen molar-refractivity contribution >= 4 is 12.2 Å². The van der Waals surface area contributed by atoms with Gasteiger partial charge in [-0.25, -0.2) is 4.79 Å². The molecule has 0 aromatic heterocycles. The van der Waals surface area contributed by atoms with E-state index in [9.17, 15) is 9.90 Å². The highest BCUT2D eigenvalue weighted by Gasteiger charge is 2.61. The van der Waals surface area contributed by atoms with Crippen LogP contribution in [0.5, 0.6) is 0 Å². The summed E-state index contributed by atoms with van der Waals surface area (Å²) in [7, 11) is 0. The van der Waals surface area contributed by atoms with E-state index in [1.807, 2.05) is 13.0 Å². The molecule has 0 saturated carbocycles. The van der Waals surface area contributed by atoms with Gasteiger partial charge in [-0.05, 0) is 57.8 Å². The first-order valence-electron chi connectivity index (χ1n) is 13.8. The third kappa shape index (κ3) is 7.96. The number of epoxide rings is 1. The van der Waals surface area contributed by atoms with Crippen LogP contribution in [0.25, 0.3) is 0 Å². The lowest BCUT2D eigenvalue weighted by Gasteiger charge is -2.28. The number of cyclic esters (lactones) is 1. The number of aliphatic imine (C=N–C) groups is 1. The maximum Gasteiger partial charge on any atom is 0.330 e. The Hall–Kier alpha value is -2.06. The molecular weight excluding hydrogens is 470 g/mol. The number of ether oxygens (including phenoxy) is 4. The summed E-state index contributed by atoms with van der Waals surface area (Å²) in [6, 6.07) is 0. The summed E-state index contributed by atoms with van der Waals surface area (Å²) < 4.78 is 23.9. The number of hydrogen-bond acceptors (Lipinski definition) is 7. The molecule has 4 rings (SSSR count). The molecular formula is C30H43NO6. The molecule has 1 fully saturated rings. The van der Waals surface area contributed by atoms with Crippen molar-refractivity contribution in [3.63, 3.8) is 0 Å². The summed E-state index contributed by atoms with van der Waals surface area (Å²) in [6.07, 6.45) is 15.2. The van der Waals surface area contributed by atoms with Crippen LogP contribution in [0.4, 0.5) is 0 Å². The second kappa shape index (κ2) is 12.7. The molecule has 0 spiro atoms. The number of carbonyl (C=O) groups is 1. The number of aliphatic hydroxyl groups excluding tert-OH is 1. The highest BCUT2D eigenvalue weighted by atomic mass is 16.6. The fourth-order valence-electron chi connectivity index (χ4n) is 5.59. The monoisotopic (exact) mass is 513 g/mol. The minimum Gasteiger partial charge on any atom is -0.459 e. The van der Waals surface area contributed by atoms with Crippen molar-refractivity contribution < 1.29 is 28.8 Å². The minimum atomic E-state index is -0.935. The highest BCUT2D eigenvalue weighted by Crippen LogP contribution is 2.46. The molecule has 0 aliphatic carbocycles. The standard InChI is InChI=1S/C30H43NO6/c1-5-23-18-30(31-19-26-15-20(2)12-13-34-26)29(37-30)27(32)17-22(4)14-21(3)16-25-10-6-8-24(35-25)9-7-11-28(33)36-23/h6-8,11-12,19,21,23-27,29,32H,4-5,9-10,13-18H2,1-3H3/b11-7-,31-19?/t21-,23+,24-,25-,26-,27-,29-,30-/m0/s1. The molecule has 4 aliphatic heterocycles. The molecule has 37 heavy (non-hydrogen) atoms. The second-order valence-electron chi connectivity index (χ2n) is 11.1. The summed E-state index contributed by atoms with van der Waals surface area (Å²) in [5.74, 6) is -0.00655. The van der Waals surface area contributed by atoms with E-state index >= 15 is 0 Å². The van der Waals surface area contributed by atoms with Gasteiger partial charge < -0.3 is 24.1 Å². The molecule has 4 aliphatic rings. The van der Waals surface area contributed by atoms with Crippen LogP contribution in [-0.4, -0.2) is 66.2 Å². The van der Waals surface area contributed by atoms with E-state index in [-0.39, 0.29) is 24.3 Å². The van der Waals surface area contributed by atoms with E-state index in [1.165, 1.54) is 11.6 Å². The SMILES string of the molecule is C=C1C[C@H](C)C[C@@H]2CC=C[C@@H](C/C=C\C(=O)O[C@H](CC)C[C@]3(N=C[C@@H]4CC(C)=CCO4)O[C@H]3[C@@H](O)C1)O2. The van der Waals surface area contributed by atoms with E-state index in [4.69, 9.17) is 23.9 Å². The third-order valence-electron chi connectivity index (χ3n) is 7.59.